The molecular weight excluding hydrogens is 382 g/mol. The molecule has 0 spiro atoms. The van der Waals surface area contributed by atoms with E-state index in [0.29, 0.717) is 18.5 Å². The molecule has 0 saturated heterocycles. The fourth-order valence-electron chi connectivity index (χ4n) is 4.61. The summed E-state index contributed by atoms with van der Waals surface area (Å²) in [5, 5.41) is 0. The number of fused-ring (bicyclic) bond motifs is 3. The Balaban J connectivity index is 1.99. The minimum atomic E-state index is -3.81. The zero-order chi connectivity index (χ0) is 20.8. The lowest BCUT2D eigenvalue weighted by atomic mass is 9.66. The van der Waals surface area contributed by atoms with E-state index in [-0.39, 0.29) is 10.7 Å². The molecule has 0 saturated carbocycles. The van der Waals surface area contributed by atoms with Crippen LogP contribution in [-0.4, -0.2) is 20.2 Å². The molecule has 2 aromatic rings. The Kier molecular flexibility index (Phi) is 4.74. The average molecular weight is 408 g/mol. The van der Waals surface area contributed by atoms with Crippen molar-refractivity contribution in [3.63, 3.8) is 0 Å². The van der Waals surface area contributed by atoms with Crippen LogP contribution in [0.3, 0.4) is 0 Å². The van der Waals surface area contributed by atoms with Crippen molar-refractivity contribution in [2.24, 2.45) is 0 Å². The van der Waals surface area contributed by atoms with E-state index in [2.05, 4.69) is 6.08 Å². The average Bonchev–Trinajstić information content (AvgIpc) is 2.99. The summed E-state index contributed by atoms with van der Waals surface area (Å²) < 4.78 is 29.0. The van der Waals surface area contributed by atoms with Crippen LogP contribution in [0.1, 0.15) is 39.2 Å². The van der Waals surface area contributed by atoms with Gasteiger partial charge in [-0.25, -0.2) is 8.42 Å². The van der Waals surface area contributed by atoms with E-state index in [1.54, 1.807) is 36.4 Å². The van der Waals surface area contributed by atoms with Crippen molar-refractivity contribution >= 4 is 21.5 Å². The lowest BCUT2D eigenvalue weighted by molar-refractivity contribution is -0.120. The fourth-order valence-corrected chi connectivity index (χ4v) is 6.34. The van der Waals surface area contributed by atoms with E-state index < -0.39 is 21.5 Å². The van der Waals surface area contributed by atoms with Crippen LogP contribution in [0.5, 0.6) is 0 Å². The van der Waals surface area contributed by atoms with Gasteiger partial charge in [0.1, 0.15) is 0 Å². The van der Waals surface area contributed by atoms with Crippen molar-refractivity contribution < 1.29 is 13.2 Å². The second-order valence-electron chi connectivity index (χ2n) is 8.16. The first-order valence-corrected chi connectivity index (χ1v) is 11.3. The van der Waals surface area contributed by atoms with Crippen LogP contribution in [0.25, 0.3) is 0 Å². The molecule has 0 fully saturated rings. The van der Waals surface area contributed by atoms with Gasteiger partial charge in [0, 0.05) is 0 Å². The zero-order valence-corrected chi connectivity index (χ0v) is 17.7. The molecule has 29 heavy (non-hydrogen) atoms. The molecular formula is C24H25NO3S. The minimum absolute atomic E-state index is 0.0236. The van der Waals surface area contributed by atoms with Crippen LogP contribution in [0.4, 0.5) is 5.69 Å². The SMILES string of the molecule is CC(C)=CC(=O)[C@@]12CC=C(C)C[C@@H]1N(S(=O)(=O)c1ccccc1)c1ccccc12. The smallest absolute Gasteiger partial charge is 0.264 e. The van der Waals surface area contributed by atoms with Gasteiger partial charge >= 0.3 is 0 Å². The molecule has 2 aromatic carbocycles. The Labute approximate surface area is 172 Å². The third-order valence-electron chi connectivity index (χ3n) is 5.92. The van der Waals surface area contributed by atoms with Gasteiger partial charge in [-0.3, -0.25) is 9.10 Å². The summed E-state index contributed by atoms with van der Waals surface area (Å²) in [6, 6.07) is 15.5. The molecule has 0 N–H and O–H groups in total. The van der Waals surface area contributed by atoms with Gasteiger partial charge in [0.05, 0.1) is 22.0 Å². The molecule has 150 valence electrons. The largest absolute Gasteiger partial charge is 0.294 e. The first kappa shape index (κ1) is 19.6. The molecule has 0 amide bonds. The predicted octanol–water partition coefficient (Wildman–Crippen LogP) is 4.78. The van der Waals surface area contributed by atoms with Gasteiger partial charge < -0.3 is 0 Å². The Morgan fingerprint density at radius 3 is 2.41 bits per heavy atom. The van der Waals surface area contributed by atoms with E-state index in [1.165, 1.54) is 4.31 Å². The molecule has 0 radical (unpaired) electrons. The Morgan fingerprint density at radius 1 is 1.07 bits per heavy atom. The number of allylic oxidation sites excluding steroid dienone is 3. The summed E-state index contributed by atoms with van der Waals surface area (Å²) in [5.41, 5.74) is 2.54. The molecule has 1 aliphatic carbocycles. The molecule has 0 aromatic heterocycles. The normalized spacial score (nSPS) is 23.1. The molecule has 1 heterocycles. The van der Waals surface area contributed by atoms with Crippen molar-refractivity contribution in [3.05, 3.63) is 83.5 Å². The van der Waals surface area contributed by atoms with Crippen molar-refractivity contribution in [2.45, 2.75) is 50.0 Å². The molecule has 4 rings (SSSR count). The maximum absolute atomic E-state index is 13.7. The molecule has 4 nitrogen and oxygen atoms in total. The molecule has 2 atom stereocenters. The van der Waals surface area contributed by atoms with E-state index in [1.807, 2.05) is 45.0 Å². The quantitative estimate of drug-likeness (QED) is 0.541. The summed E-state index contributed by atoms with van der Waals surface area (Å²) in [4.78, 5) is 13.8. The first-order chi connectivity index (χ1) is 13.8. The van der Waals surface area contributed by atoms with Crippen LogP contribution in [-0.2, 0) is 20.2 Å². The van der Waals surface area contributed by atoms with Gasteiger partial charge in [-0.15, -0.1) is 0 Å². The fraction of sp³-hybridized carbons (Fsp3) is 0.292. The van der Waals surface area contributed by atoms with Crippen LogP contribution < -0.4 is 4.31 Å². The number of para-hydroxylation sites is 1. The molecule has 1 aliphatic heterocycles. The van der Waals surface area contributed by atoms with E-state index in [4.69, 9.17) is 0 Å². The van der Waals surface area contributed by atoms with Crippen LogP contribution in [0.15, 0.2) is 82.8 Å². The first-order valence-electron chi connectivity index (χ1n) is 9.82. The summed E-state index contributed by atoms with van der Waals surface area (Å²) in [6.07, 6.45) is 4.78. The molecule has 0 bridgehead atoms. The molecule has 5 heteroatoms. The van der Waals surface area contributed by atoms with Gasteiger partial charge in [0.2, 0.25) is 0 Å². The number of rotatable bonds is 4. The maximum Gasteiger partial charge on any atom is 0.264 e. The Bertz CT molecular complexity index is 1130. The van der Waals surface area contributed by atoms with E-state index in [0.717, 1.165) is 16.7 Å². The number of ketones is 1. The van der Waals surface area contributed by atoms with Crippen LogP contribution >= 0.6 is 0 Å². The third-order valence-corrected chi connectivity index (χ3v) is 7.76. The number of sulfonamides is 1. The molecule has 0 unspecified atom stereocenters. The second kappa shape index (κ2) is 6.99. The monoisotopic (exact) mass is 407 g/mol. The van der Waals surface area contributed by atoms with Gasteiger partial charge in [0.25, 0.3) is 10.0 Å². The standard InChI is InChI=1S/C24H25NO3S/c1-17(2)15-23(26)24-14-13-18(3)16-22(24)25(21-12-8-7-11-20(21)24)29(27,28)19-9-5-4-6-10-19/h4-13,15,22H,14,16H2,1-3H3/t22-,24+/m0/s1. The number of carbonyl (C=O) groups excluding carboxylic acids is 1. The zero-order valence-electron chi connectivity index (χ0n) is 16.9. The van der Waals surface area contributed by atoms with E-state index in [9.17, 15) is 13.2 Å². The highest BCUT2D eigenvalue weighted by molar-refractivity contribution is 7.93. The highest BCUT2D eigenvalue weighted by Gasteiger charge is 2.58. The lowest BCUT2D eigenvalue weighted by Gasteiger charge is -2.40. The van der Waals surface area contributed by atoms with Crippen molar-refractivity contribution in [3.8, 4) is 0 Å². The summed E-state index contributed by atoms with van der Waals surface area (Å²) in [6.45, 7) is 5.80. The van der Waals surface area contributed by atoms with Gasteiger partial charge in [0.15, 0.2) is 5.78 Å². The molecule has 2 aliphatic rings. The summed E-state index contributed by atoms with van der Waals surface area (Å²) in [7, 11) is -3.81. The highest BCUT2D eigenvalue weighted by atomic mass is 32.2. The number of carbonyl (C=O) groups is 1. The van der Waals surface area contributed by atoms with Gasteiger partial charge in [-0.2, -0.15) is 0 Å². The number of hydrogen-bond acceptors (Lipinski definition) is 3. The van der Waals surface area contributed by atoms with Gasteiger partial charge in [-0.1, -0.05) is 53.6 Å². The lowest BCUT2D eigenvalue weighted by Crippen LogP contribution is -2.52. The number of benzene rings is 2. The second-order valence-corrected chi connectivity index (χ2v) is 9.98. The topological polar surface area (TPSA) is 54.5 Å². The van der Waals surface area contributed by atoms with Crippen molar-refractivity contribution in [2.75, 3.05) is 4.31 Å². The van der Waals surface area contributed by atoms with Crippen molar-refractivity contribution in [1.29, 1.82) is 0 Å². The third kappa shape index (κ3) is 2.96. The highest BCUT2D eigenvalue weighted by Crippen LogP contribution is 2.54. The van der Waals surface area contributed by atoms with Crippen LogP contribution in [0, 0.1) is 0 Å². The number of anilines is 1. The van der Waals surface area contributed by atoms with Gasteiger partial charge in [-0.05, 0) is 63.5 Å². The number of nitrogens with zero attached hydrogens (tertiary/aromatic N) is 1. The summed E-state index contributed by atoms with van der Waals surface area (Å²) in [5.74, 6) is -0.0236. The number of hydrogen-bond donors (Lipinski definition) is 0. The van der Waals surface area contributed by atoms with E-state index >= 15 is 0 Å². The Morgan fingerprint density at radius 2 is 1.72 bits per heavy atom. The minimum Gasteiger partial charge on any atom is -0.294 e. The van der Waals surface area contributed by atoms with Crippen molar-refractivity contribution in [1.82, 2.24) is 0 Å². The Hall–Kier alpha value is -2.66. The van der Waals surface area contributed by atoms with Crippen LogP contribution in [0.2, 0.25) is 0 Å². The predicted molar refractivity (Wildman–Crippen MR) is 115 cm³/mol. The maximum atomic E-state index is 13.7. The summed E-state index contributed by atoms with van der Waals surface area (Å²) >= 11 is 0.